The molecule has 1 aliphatic rings. The number of hydrogen-bond donors (Lipinski definition) is 0. The van der Waals surface area contributed by atoms with Crippen LogP contribution >= 0.6 is 0 Å². The van der Waals surface area contributed by atoms with E-state index in [9.17, 15) is 0 Å². The Morgan fingerprint density at radius 3 is 1.55 bits per heavy atom. The molecular formula is C10H24O. The molecule has 0 spiro atoms. The van der Waals surface area contributed by atoms with Gasteiger partial charge in [0.2, 0.25) is 0 Å². The van der Waals surface area contributed by atoms with E-state index in [0.29, 0.717) is 0 Å². The molecule has 0 aliphatic heterocycles. The molecule has 1 nitrogen and oxygen atoms in total. The minimum absolute atomic E-state index is 0. The lowest BCUT2D eigenvalue weighted by Crippen LogP contribution is -1.99. The summed E-state index contributed by atoms with van der Waals surface area (Å²) in [4.78, 5) is 0. The van der Waals surface area contributed by atoms with Crippen molar-refractivity contribution in [2.24, 2.45) is 5.92 Å². The monoisotopic (exact) mass is 160 g/mol. The first-order valence-corrected chi connectivity index (χ1v) is 4.81. The van der Waals surface area contributed by atoms with Gasteiger partial charge in [0.15, 0.2) is 0 Å². The molecule has 0 aromatic carbocycles. The molecular weight excluding hydrogens is 136 g/mol. The molecule has 1 rings (SSSR count). The summed E-state index contributed by atoms with van der Waals surface area (Å²) >= 11 is 0. The topological polar surface area (TPSA) is 31.5 Å². The van der Waals surface area contributed by atoms with Crippen LogP contribution in [0.3, 0.4) is 0 Å². The molecule has 2 N–H and O–H groups in total. The summed E-state index contributed by atoms with van der Waals surface area (Å²) in [5.74, 6) is 1.04. The lowest BCUT2D eigenvalue weighted by Gasteiger charge is -2.15. The second-order valence-electron chi connectivity index (χ2n) is 3.45. The predicted molar refractivity (Wildman–Crippen MR) is 51.8 cm³/mol. The molecule has 0 aromatic rings. The summed E-state index contributed by atoms with van der Waals surface area (Å²) in [5, 5.41) is 0. The van der Waals surface area contributed by atoms with Gasteiger partial charge in [0.05, 0.1) is 0 Å². The summed E-state index contributed by atoms with van der Waals surface area (Å²) in [6, 6.07) is 0. The van der Waals surface area contributed by atoms with Crippen LogP contribution in [0.2, 0.25) is 0 Å². The predicted octanol–water partition coefficient (Wildman–Crippen LogP) is 3.18. The maximum atomic E-state index is 2.36. The fourth-order valence-electron chi connectivity index (χ4n) is 1.31. The first kappa shape index (κ1) is 13.5. The summed E-state index contributed by atoms with van der Waals surface area (Å²) in [6.07, 6.45) is 8.69. The number of hydrogen-bond acceptors (Lipinski definition) is 0. The third-order valence-corrected chi connectivity index (χ3v) is 1.89. The van der Waals surface area contributed by atoms with Gasteiger partial charge in [0.25, 0.3) is 0 Å². The van der Waals surface area contributed by atoms with E-state index in [2.05, 4.69) is 20.8 Å². The molecule has 0 heterocycles. The Labute approximate surface area is 71.5 Å². The van der Waals surface area contributed by atoms with Gasteiger partial charge in [-0.3, -0.25) is 0 Å². The molecule has 1 saturated carbocycles. The van der Waals surface area contributed by atoms with Gasteiger partial charge in [-0.2, -0.15) is 0 Å². The van der Waals surface area contributed by atoms with Gasteiger partial charge in [0.1, 0.15) is 0 Å². The minimum atomic E-state index is 0. The third kappa shape index (κ3) is 9.96. The van der Waals surface area contributed by atoms with Gasteiger partial charge >= 0.3 is 0 Å². The molecule has 0 bridgehead atoms. The van der Waals surface area contributed by atoms with Gasteiger partial charge in [-0.1, -0.05) is 59.3 Å². The highest BCUT2D eigenvalue weighted by Crippen LogP contribution is 2.21. The van der Waals surface area contributed by atoms with Crippen LogP contribution in [0.1, 0.15) is 59.3 Å². The highest BCUT2D eigenvalue weighted by molar-refractivity contribution is 4.59. The third-order valence-electron chi connectivity index (χ3n) is 1.89. The first-order chi connectivity index (χ1) is 4.81. The van der Waals surface area contributed by atoms with E-state index in [4.69, 9.17) is 0 Å². The molecule has 11 heavy (non-hydrogen) atoms. The van der Waals surface area contributed by atoms with E-state index in [1.165, 1.54) is 38.5 Å². The normalized spacial score (nSPS) is 17.7. The number of rotatable bonds is 0. The maximum absolute atomic E-state index is 2.36. The van der Waals surface area contributed by atoms with Crippen molar-refractivity contribution in [2.75, 3.05) is 0 Å². The van der Waals surface area contributed by atoms with Crippen LogP contribution in [0.5, 0.6) is 0 Å². The van der Waals surface area contributed by atoms with Crippen LogP contribution in [0.15, 0.2) is 0 Å². The van der Waals surface area contributed by atoms with Gasteiger partial charge in [-0.05, 0) is 5.92 Å². The van der Waals surface area contributed by atoms with Crippen molar-refractivity contribution in [1.29, 1.82) is 0 Å². The fourth-order valence-corrected chi connectivity index (χ4v) is 1.31. The van der Waals surface area contributed by atoms with Crippen LogP contribution in [-0.4, -0.2) is 5.48 Å². The van der Waals surface area contributed by atoms with Crippen molar-refractivity contribution in [1.82, 2.24) is 0 Å². The Morgan fingerprint density at radius 2 is 1.36 bits per heavy atom. The van der Waals surface area contributed by atoms with Crippen molar-refractivity contribution < 1.29 is 5.48 Å². The Balaban J connectivity index is 0. The van der Waals surface area contributed by atoms with E-state index < -0.39 is 0 Å². The van der Waals surface area contributed by atoms with Crippen molar-refractivity contribution in [3.8, 4) is 0 Å². The molecule has 0 atom stereocenters. The van der Waals surface area contributed by atoms with Crippen molar-refractivity contribution in [3.63, 3.8) is 0 Å². The summed E-state index contributed by atoms with van der Waals surface area (Å²) in [5.41, 5.74) is 0. The molecule has 0 saturated heterocycles. The SMILES string of the molecule is CC1CCCCC1.CCC.O. The van der Waals surface area contributed by atoms with E-state index in [-0.39, 0.29) is 5.48 Å². The lowest BCUT2D eigenvalue weighted by atomic mass is 9.91. The second-order valence-corrected chi connectivity index (χ2v) is 3.45. The maximum Gasteiger partial charge on any atom is -0.0443 e. The van der Waals surface area contributed by atoms with Crippen molar-refractivity contribution in [3.05, 3.63) is 0 Å². The van der Waals surface area contributed by atoms with Crippen LogP contribution < -0.4 is 0 Å². The zero-order chi connectivity index (χ0) is 7.82. The smallest absolute Gasteiger partial charge is 0.0443 e. The van der Waals surface area contributed by atoms with Crippen LogP contribution in [-0.2, 0) is 0 Å². The van der Waals surface area contributed by atoms with Gasteiger partial charge in [-0.15, -0.1) is 0 Å². The average molecular weight is 160 g/mol. The van der Waals surface area contributed by atoms with E-state index in [0.717, 1.165) is 5.92 Å². The highest BCUT2D eigenvalue weighted by atomic mass is 16.0. The van der Waals surface area contributed by atoms with Crippen molar-refractivity contribution in [2.45, 2.75) is 59.3 Å². The fraction of sp³-hybridized carbons (Fsp3) is 1.00. The van der Waals surface area contributed by atoms with Crippen LogP contribution in [0, 0.1) is 5.92 Å². The van der Waals surface area contributed by atoms with Gasteiger partial charge in [0, 0.05) is 0 Å². The van der Waals surface area contributed by atoms with E-state index in [1.807, 2.05) is 0 Å². The highest BCUT2D eigenvalue weighted by Gasteiger charge is 2.05. The van der Waals surface area contributed by atoms with Crippen LogP contribution in [0.25, 0.3) is 0 Å². The Hall–Kier alpha value is -0.0400. The molecule has 0 radical (unpaired) electrons. The molecule has 0 unspecified atom stereocenters. The second kappa shape index (κ2) is 9.96. The Kier molecular flexibility index (Phi) is 12.3. The first-order valence-electron chi connectivity index (χ1n) is 4.81. The lowest BCUT2D eigenvalue weighted by molar-refractivity contribution is 0.385. The summed E-state index contributed by atoms with van der Waals surface area (Å²) < 4.78 is 0. The standard InChI is InChI=1S/C7H14.C3H8.H2O/c1-7-5-3-2-4-6-7;1-3-2;/h7H,2-6H2,1H3;3H2,1-2H3;1H2. The molecule has 1 fully saturated rings. The van der Waals surface area contributed by atoms with Crippen LogP contribution in [0.4, 0.5) is 0 Å². The largest absolute Gasteiger partial charge is 0.412 e. The Morgan fingerprint density at radius 1 is 1.00 bits per heavy atom. The molecule has 0 aromatic heterocycles. The molecule has 1 aliphatic carbocycles. The van der Waals surface area contributed by atoms with Gasteiger partial charge in [-0.25, -0.2) is 0 Å². The van der Waals surface area contributed by atoms with Gasteiger partial charge < -0.3 is 5.48 Å². The van der Waals surface area contributed by atoms with E-state index in [1.54, 1.807) is 0 Å². The van der Waals surface area contributed by atoms with Crippen molar-refractivity contribution >= 4 is 0 Å². The van der Waals surface area contributed by atoms with E-state index >= 15 is 0 Å². The Bertz CT molecular complexity index is 55.9. The summed E-state index contributed by atoms with van der Waals surface area (Å²) in [7, 11) is 0. The summed E-state index contributed by atoms with van der Waals surface area (Å²) in [6.45, 7) is 6.61. The molecule has 1 heteroatoms. The zero-order valence-electron chi connectivity index (χ0n) is 8.32. The minimum Gasteiger partial charge on any atom is -0.412 e. The quantitative estimate of drug-likeness (QED) is 0.521. The molecule has 0 amide bonds. The zero-order valence-corrected chi connectivity index (χ0v) is 8.32. The average Bonchev–Trinajstić information content (AvgIpc) is 1.91. The molecule has 70 valence electrons.